The zero-order chi connectivity index (χ0) is 16.5. The SMILES string of the molecule is CC(=O)NCCCCCC(=O)Nc1ccc2c(c1)OCCCO2. The van der Waals surface area contributed by atoms with E-state index in [0.717, 1.165) is 37.1 Å². The summed E-state index contributed by atoms with van der Waals surface area (Å²) in [5, 5.41) is 5.62. The molecule has 1 aliphatic rings. The number of carbonyl (C=O) groups excluding carboxylic acids is 2. The minimum absolute atomic E-state index is 0.0148. The van der Waals surface area contributed by atoms with Crippen molar-refractivity contribution >= 4 is 17.5 Å². The lowest BCUT2D eigenvalue weighted by Crippen LogP contribution is -2.20. The molecule has 126 valence electrons. The van der Waals surface area contributed by atoms with E-state index >= 15 is 0 Å². The molecule has 2 amide bonds. The van der Waals surface area contributed by atoms with Gasteiger partial charge in [0.05, 0.1) is 13.2 Å². The Kier molecular flexibility index (Phi) is 6.72. The molecule has 0 aliphatic carbocycles. The minimum atomic E-state index is -0.0165. The summed E-state index contributed by atoms with van der Waals surface area (Å²) in [5.74, 6) is 1.37. The highest BCUT2D eigenvalue weighted by atomic mass is 16.5. The van der Waals surface area contributed by atoms with E-state index < -0.39 is 0 Å². The molecule has 0 spiro atoms. The van der Waals surface area contributed by atoms with Gasteiger partial charge in [-0.2, -0.15) is 0 Å². The van der Waals surface area contributed by atoms with Crippen molar-refractivity contribution < 1.29 is 19.1 Å². The van der Waals surface area contributed by atoms with Gasteiger partial charge >= 0.3 is 0 Å². The normalized spacial score (nSPS) is 13.1. The Hall–Kier alpha value is -2.24. The zero-order valence-electron chi connectivity index (χ0n) is 13.5. The van der Waals surface area contributed by atoms with E-state index in [-0.39, 0.29) is 11.8 Å². The molecule has 6 nitrogen and oxygen atoms in total. The average molecular weight is 320 g/mol. The van der Waals surface area contributed by atoms with Gasteiger partial charge in [-0.25, -0.2) is 0 Å². The van der Waals surface area contributed by atoms with Gasteiger partial charge in [0.25, 0.3) is 0 Å². The standard InChI is InChI=1S/C17H24N2O4/c1-13(20)18-9-4-2-3-6-17(21)19-14-7-8-15-16(12-14)23-11-5-10-22-15/h7-8,12H,2-6,9-11H2,1H3,(H,18,20)(H,19,21). The van der Waals surface area contributed by atoms with Crippen LogP contribution in [0.25, 0.3) is 0 Å². The molecule has 0 aromatic heterocycles. The third-order valence-electron chi connectivity index (χ3n) is 3.49. The van der Waals surface area contributed by atoms with Gasteiger partial charge < -0.3 is 20.1 Å². The molecule has 0 unspecified atom stereocenters. The maximum atomic E-state index is 11.9. The van der Waals surface area contributed by atoms with E-state index in [4.69, 9.17) is 9.47 Å². The Balaban J connectivity index is 1.71. The number of ether oxygens (including phenoxy) is 2. The second-order valence-electron chi connectivity index (χ2n) is 5.55. The Morgan fingerprint density at radius 2 is 1.87 bits per heavy atom. The molecule has 0 saturated carbocycles. The number of carbonyl (C=O) groups is 2. The second kappa shape index (κ2) is 9.02. The van der Waals surface area contributed by atoms with Gasteiger partial charge in [-0.15, -0.1) is 0 Å². The van der Waals surface area contributed by atoms with Crippen molar-refractivity contribution in [1.29, 1.82) is 0 Å². The first-order valence-corrected chi connectivity index (χ1v) is 8.09. The molecular weight excluding hydrogens is 296 g/mol. The van der Waals surface area contributed by atoms with Crippen LogP contribution in [0.4, 0.5) is 5.69 Å². The largest absolute Gasteiger partial charge is 0.490 e. The molecule has 1 aromatic carbocycles. The van der Waals surface area contributed by atoms with Gasteiger partial charge in [-0.1, -0.05) is 6.42 Å². The lowest BCUT2D eigenvalue weighted by molar-refractivity contribution is -0.119. The maximum absolute atomic E-state index is 11.9. The fraction of sp³-hybridized carbons (Fsp3) is 0.529. The first-order chi connectivity index (χ1) is 11.1. The number of benzene rings is 1. The molecule has 1 aromatic rings. The Labute approximate surface area is 136 Å². The van der Waals surface area contributed by atoms with Crippen molar-refractivity contribution in [3.05, 3.63) is 18.2 Å². The predicted octanol–water partition coefficient (Wildman–Crippen LogP) is 2.48. The number of fused-ring (bicyclic) bond motifs is 1. The summed E-state index contributed by atoms with van der Waals surface area (Å²) < 4.78 is 11.2. The third kappa shape index (κ3) is 6.18. The van der Waals surface area contributed by atoms with Gasteiger partial charge in [-0.3, -0.25) is 9.59 Å². The molecule has 0 radical (unpaired) electrons. The minimum Gasteiger partial charge on any atom is -0.490 e. The summed E-state index contributed by atoms with van der Waals surface area (Å²) in [4.78, 5) is 22.7. The predicted molar refractivity (Wildman–Crippen MR) is 87.8 cm³/mol. The molecule has 1 heterocycles. The monoisotopic (exact) mass is 320 g/mol. The van der Waals surface area contributed by atoms with Crippen molar-refractivity contribution in [2.45, 2.75) is 39.0 Å². The highest BCUT2D eigenvalue weighted by molar-refractivity contribution is 5.91. The number of hydrogen-bond acceptors (Lipinski definition) is 4. The number of nitrogens with one attached hydrogen (secondary N) is 2. The van der Waals surface area contributed by atoms with Gasteiger partial charge in [0, 0.05) is 38.1 Å². The van der Waals surface area contributed by atoms with E-state index in [1.54, 1.807) is 6.07 Å². The Morgan fingerprint density at radius 3 is 2.65 bits per heavy atom. The Morgan fingerprint density at radius 1 is 1.09 bits per heavy atom. The first kappa shape index (κ1) is 17.1. The van der Waals surface area contributed by atoms with Crippen molar-refractivity contribution in [3.63, 3.8) is 0 Å². The van der Waals surface area contributed by atoms with Crippen LogP contribution in [0.5, 0.6) is 11.5 Å². The van der Waals surface area contributed by atoms with Crippen LogP contribution in [0.1, 0.15) is 39.0 Å². The molecule has 0 saturated heterocycles. The molecule has 0 fully saturated rings. The molecule has 2 rings (SSSR count). The average Bonchev–Trinajstić information content (AvgIpc) is 2.75. The molecule has 23 heavy (non-hydrogen) atoms. The smallest absolute Gasteiger partial charge is 0.224 e. The number of amides is 2. The quantitative estimate of drug-likeness (QED) is 0.757. The third-order valence-corrected chi connectivity index (χ3v) is 3.49. The van der Waals surface area contributed by atoms with E-state index in [0.29, 0.717) is 31.9 Å². The van der Waals surface area contributed by atoms with Crippen LogP contribution in [0.3, 0.4) is 0 Å². The highest BCUT2D eigenvalue weighted by Gasteiger charge is 2.11. The van der Waals surface area contributed by atoms with Gasteiger partial charge in [0.2, 0.25) is 11.8 Å². The van der Waals surface area contributed by atoms with Gasteiger partial charge in [-0.05, 0) is 25.0 Å². The molecule has 6 heteroatoms. The number of hydrogen-bond donors (Lipinski definition) is 2. The Bertz CT molecular complexity index is 545. The summed E-state index contributed by atoms with van der Waals surface area (Å²) in [7, 11) is 0. The van der Waals surface area contributed by atoms with Crippen LogP contribution in [0.2, 0.25) is 0 Å². The van der Waals surface area contributed by atoms with Crippen LogP contribution in [0.15, 0.2) is 18.2 Å². The van der Waals surface area contributed by atoms with Crippen LogP contribution in [0, 0.1) is 0 Å². The molecule has 0 atom stereocenters. The molecule has 0 bridgehead atoms. The van der Waals surface area contributed by atoms with Crippen molar-refractivity contribution in [3.8, 4) is 11.5 Å². The topological polar surface area (TPSA) is 76.7 Å². The number of rotatable bonds is 7. The van der Waals surface area contributed by atoms with Gasteiger partial charge in [0.15, 0.2) is 11.5 Å². The number of unbranched alkanes of at least 4 members (excludes halogenated alkanes) is 2. The molecule has 2 N–H and O–H groups in total. The van der Waals surface area contributed by atoms with Crippen LogP contribution >= 0.6 is 0 Å². The summed E-state index contributed by atoms with van der Waals surface area (Å²) in [5.41, 5.74) is 0.720. The fourth-order valence-electron chi connectivity index (χ4n) is 2.32. The van der Waals surface area contributed by atoms with Crippen LogP contribution in [-0.4, -0.2) is 31.6 Å². The van der Waals surface area contributed by atoms with Crippen LogP contribution in [-0.2, 0) is 9.59 Å². The van der Waals surface area contributed by atoms with E-state index in [1.807, 2.05) is 12.1 Å². The maximum Gasteiger partial charge on any atom is 0.224 e. The highest BCUT2D eigenvalue weighted by Crippen LogP contribution is 2.32. The van der Waals surface area contributed by atoms with E-state index in [9.17, 15) is 9.59 Å². The summed E-state index contributed by atoms with van der Waals surface area (Å²) in [6.07, 6.45) is 3.92. The number of anilines is 1. The van der Waals surface area contributed by atoms with E-state index in [1.165, 1.54) is 6.92 Å². The summed E-state index contributed by atoms with van der Waals surface area (Å²) in [6, 6.07) is 5.45. The first-order valence-electron chi connectivity index (χ1n) is 8.09. The lowest BCUT2D eigenvalue weighted by atomic mass is 10.2. The van der Waals surface area contributed by atoms with Crippen molar-refractivity contribution in [2.75, 3.05) is 25.1 Å². The lowest BCUT2D eigenvalue weighted by Gasteiger charge is -2.10. The van der Waals surface area contributed by atoms with Gasteiger partial charge in [0.1, 0.15) is 0 Å². The fourth-order valence-corrected chi connectivity index (χ4v) is 2.32. The zero-order valence-corrected chi connectivity index (χ0v) is 13.5. The molecular formula is C17H24N2O4. The van der Waals surface area contributed by atoms with Crippen molar-refractivity contribution in [1.82, 2.24) is 5.32 Å². The molecule has 1 aliphatic heterocycles. The summed E-state index contributed by atoms with van der Waals surface area (Å²) in [6.45, 7) is 3.44. The summed E-state index contributed by atoms with van der Waals surface area (Å²) >= 11 is 0. The second-order valence-corrected chi connectivity index (χ2v) is 5.55. The van der Waals surface area contributed by atoms with E-state index in [2.05, 4.69) is 10.6 Å². The van der Waals surface area contributed by atoms with Crippen LogP contribution < -0.4 is 20.1 Å². The van der Waals surface area contributed by atoms with Crippen molar-refractivity contribution in [2.24, 2.45) is 0 Å².